The van der Waals surface area contributed by atoms with Crippen LogP contribution < -0.4 is 10.5 Å². The smallest absolute Gasteiger partial charge is 0.125 e. The molecule has 0 spiro atoms. The van der Waals surface area contributed by atoms with E-state index >= 15 is 0 Å². The Hall–Kier alpha value is -1.62. The normalized spacial score (nSPS) is 12.4. The Balaban J connectivity index is 2.27. The zero-order valence-corrected chi connectivity index (χ0v) is 13.0. The molecule has 0 bridgehead atoms. The molecule has 2 aromatic rings. The van der Waals surface area contributed by atoms with Gasteiger partial charge in [0.25, 0.3) is 0 Å². The Labute approximate surface area is 130 Å². The fourth-order valence-electron chi connectivity index (χ4n) is 2.43. The number of rotatable bonds is 6. The number of halogens is 1. The molecule has 21 heavy (non-hydrogen) atoms. The van der Waals surface area contributed by atoms with Gasteiger partial charge in [-0.3, -0.25) is 9.88 Å². The number of aromatic nitrogens is 1. The minimum atomic E-state index is -0.0196. The van der Waals surface area contributed by atoms with E-state index in [9.17, 15) is 0 Å². The molecule has 0 aliphatic heterocycles. The third kappa shape index (κ3) is 3.73. The zero-order valence-electron chi connectivity index (χ0n) is 12.3. The van der Waals surface area contributed by atoms with Gasteiger partial charge in [0, 0.05) is 36.1 Å². The minimum absolute atomic E-state index is 0.0196. The van der Waals surface area contributed by atoms with Gasteiger partial charge in [0.15, 0.2) is 0 Å². The second-order valence-corrected chi connectivity index (χ2v) is 5.29. The van der Waals surface area contributed by atoms with Crippen LogP contribution in [-0.2, 0) is 6.54 Å². The van der Waals surface area contributed by atoms with Crippen LogP contribution in [0.5, 0.6) is 5.75 Å². The van der Waals surface area contributed by atoms with Gasteiger partial charge in [-0.15, -0.1) is 0 Å². The van der Waals surface area contributed by atoms with E-state index in [0.29, 0.717) is 11.6 Å². The van der Waals surface area contributed by atoms with Crippen LogP contribution in [0, 0.1) is 0 Å². The minimum Gasteiger partial charge on any atom is -0.496 e. The lowest BCUT2D eigenvalue weighted by Crippen LogP contribution is -2.30. The van der Waals surface area contributed by atoms with Gasteiger partial charge in [0.2, 0.25) is 0 Å². The molecule has 1 aromatic carbocycles. The van der Waals surface area contributed by atoms with Crippen LogP contribution in [0.1, 0.15) is 17.2 Å². The van der Waals surface area contributed by atoms with Crippen molar-refractivity contribution >= 4 is 11.6 Å². The van der Waals surface area contributed by atoms with E-state index < -0.39 is 0 Å². The lowest BCUT2D eigenvalue weighted by Gasteiger charge is -2.29. The molecule has 4 nitrogen and oxygen atoms in total. The van der Waals surface area contributed by atoms with Crippen LogP contribution in [0.25, 0.3) is 0 Å². The summed E-state index contributed by atoms with van der Waals surface area (Å²) in [7, 11) is 3.66. The molecule has 2 rings (SSSR count). The summed E-state index contributed by atoms with van der Waals surface area (Å²) >= 11 is 6.35. The molecule has 0 saturated carbocycles. The molecule has 112 valence electrons. The third-order valence-corrected chi connectivity index (χ3v) is 3.81. The van der Waals surface area contributed by atoms with Gasteiger partial charge in [0.1, 0.15) is 5.75 Å². The van der Waals surface area contributed by atoms with Crippen LogP contribution in [0.2, 0.25) is 5.02 Å². The van der Waals surface area contributed by atoms with Gasteiger partial charge >= 0.3 is 0 Å². The van der Waals surface area contributed by atoms with Crippen molar-refractivity contribution in [1.29, 1.82) is 0 Å². The van der Waals surface area contributed by atoms with Crippen molar-refractivity contribution in [2.75, 3.05) is 20.7 Å². The standard InChI is InChI=1S/C16H20ClN3O/c1-20(11-12-5-4-8-19-10-12)14(9-18)16-13(17)6-3-7-15(16)21-2/h3-8,10,14H,9,11,18H2,1-2H3. The summed E-state index contributed by atoms with van der Waals surface area (Å²) in [6.45, 7) is 1.20. The molecule has 0 fully saturated rings. The van der Waals surface area contributed by atoms with Crippen molar-refractivity contribution in [1.82, 2.24) is 9.88 Å². The highest BCUT2D eigenvalue weighted by Crippen LogP contribution is 2.34. The second-order valence-electron chi connectivity index (χ2n) is 4.88. The average Bonchev–Trinajstić information content (AvgIpc) is 2.50. The highest BCUT2D eigenvalue weighted by atomic mass is 35.5. The molecule has 0 aliphatic carbocycles. The van der Waals surface area contributed by atoms with Gasteiger partial charge in [0.05, 0.1) is 13.2 Å². The van der Waals surface area contributed by atoms with Crippen LogP contribution >= 0.6 is 11.6 Å². The summed E-state index contributed by atoms with van der Waals surface area (Å²) < 4.78 is 5.43. The van der Waals surface area contributed by atoms with Crippen molar-refractivity contribution in [3.05, 3.63) is 58.9 Å². The summed E-state index contributed by atoms with van der Waals surface area (Å²) in [5, 5.41) is 0.669. The molecule has 1 aromatic heterocycles. The van der Waals surface area contributed by atoms with Crippen molar-refractivity contribution in [3.8, 4) is 5.75 Å². The van der Waals surface area contributed by atoms with Gasteiger partial charge in [-0.25, -0.2) is 0 Å². The number of hydrogen-bond donors (Lipinski definition) is 1. The lowest BCUT2D eigenvalue weighted by molar-refractivity contribution is 0.236. The molecule has 0 aliphatic rings. The van der Waals surface area contributed by atoms with Crippen LogP contribution in [0.15, 0.2) is 42.7 Å². The fraction of sp³-hybridized carbons (Fsp3) is 0.312. The van der Waals surface area contributed by atoms with Gasteiger partial charge in [-0.1, -0.05) is 23.7 Å². The van der Waals surface area contributed by atoms with Gasteiger partial charge in [-0.2, -0.15) is 0 Å². The van der Waals surface area contributed by atoms with E-state index in [2.05, 4.69) is 9.88 Å². The van der Waals surface area contributed by atoms with Crippen molar-refractivity contribution in [2.45, 2.75) is 12.6 Å². The van der Waals surface area contributed by atoms with Crippen LogP contribution in [0.4, 0.5) is 0 Å². The third-order valence-electron chi connectivity index (χ3n) is 3.48. The van der Waals surface area contributed by atoms with E-state index in [1.807, 2.05) is 43.6 Å². The number of likely N-dealkylation sites (N-methyl/N-ethyl adjacent to an activating group) is 1. The highest BCUT2D eigenvalue weighted by Gasteiger charge is 2.22. The maximum Gasteiger partial charge on any atom is 0.125 e. The van der Waals surface area contributed by atoms with E-state index in [1.54, 1.807) is 13.3 Å². The van der Waals surface area contributed by atoms with Crippen molar-refractivity contribution < 1.29 is 4.74 Å². The molecule has 1 heterocycles. The molecule has 1 atom stereocenters. The summed E-state index contributed by atoms with van der Waals surface area (Å²) in [6, 6.07) is 9.59. The van der Waals surface area contributed by atoms with E-state index in [-0.39, 0.29) is 6.04 Å². The predicted molar refractivity (Wildman–Crippen MR) is 85.5 cm³/mol. The number of nitrogens with two attached hydrogens (primary N) is 1. The lowest BCUT2D eigenvalue weighted by atomic mass is 10.0. The molecule has 0 saturated heterocycles. The first kappa shape index (κ1) is 15.8. The monoisotopic (exact) mass is 305 g/mol. The largest absolute Gasteiger partial charge is 0.496 e. The maximum absolute atomic E-state index is 6.35. The second kappa shape index (κ2) is 7.41. The van der Waals surface area contributed by atoms with Gasteiger partial charge in [-0.05, 0) is 30.8 Å². The summed E-state index contributed by atoms with van der Waals surface area (Å²) in [5.41, 5.74) is 8.04. The Kier molecular flexibility index (Phi) is 5.56. The van der Waals surface area contributed by atoms with E-state index in [0.717, 1.165) is 23.4 Å². The topological polar surface area (TPSA) is 51.4 Å². The Morgan fingerprint density at radius 3 is 2.76 bits per heavy atom. The first-order valence-corrected chi connectivity index (χ1v) is 7.16. The maximum atomic E-state index is 6.35. The Morgan fingerprint density at radius 1 is 1.33 bits per heavy atom. The SMILES string of the molecule is COc1cccc(Cl)c1C(CN)N(C)Cc1cccnc1. The molecule has 5 heteroatoms. The number of ether oxygens (including phenoxy) is 1. The molecule has 0 radical (unpaired) electrons. The quantitative estimate of drug-likeness (QED) is 0.891. The summed E-state index contributed by atoms with van der Waals surface area (Å²) in [5.74, 6) is 0.760. The Morgan fingerprint density at radius 2 is 2.14 bits per heavy atom. The fourth-order valence-corrected chi connectivity index (χ4v) is 2.72. The van der Waals surface area contributed by atoms with Gasteiger partial charge < -0.3 is 10.5 Å². The number of pyridine rings is 1. The first-order chi connectivity index (χ1) is 10.2. The van der Waals surface area contributed by atoms with E-state index in [4.69, 9.17) is 22.1 Å². The number of hydrogen-bond acceptors (Lipinski definition) is 4. The molecular weight excluding hydrogens is 286 g/mol. The zero-order chi connectivity index (χ0) is 15.2. The number of benzene rings is 1. The molecule has 0 amide bonds. The molecular formula is C16H20ClN3O. The molecule has 2 N–H and O–H groups in total. The van der Waals surface area contributed by atoms with E-state index in [1.165, 1.54) is 0 Å². The van der Waals surface area contributed by atoms with Crippen LogP contribution in [0.3, 0.4) is 0 Å². The van der Waals surface area contributed by atoms with Crippen molar-refractivity contribution in [3.63, 3.8) is 0 Å². The summed E-state index contributed by atoms with van der Waals surface area (Å²) in [6.07, 6.45) is 3.62. The number of nitrogens with zero attached hydrogens (tertiary/aromatic N) is 2. The highest BCUT2D eigenvalue weighted by molar-refractivity contribution is 6.31. The van der Waals surface area contributed by atoms with Crippen molar-refractivity contribution in [2.24, 2.45) is 5.73 Å². The average molecular weight is 306 g/mol. The first-order valence-electron chi connectivity index (χ1n) is 6.79. The van der Waals surface area contributed by atoms with Crippen LogP contribution in [-0.4, -0.2) is 30.6 Å². The Bertz CT molecular complexity index is 577. The molecule has 1 unspecified atom stereocenters. The predicted octanol–water partition coefficient (Wildman–Crippen LogP) is 2.88. The summed E-state index contributed by atoms with van der Waals surface area (Å²) in [4.78, 5) is 6.29. The number of methoxy groups -OCH3 is 1.